The fraction of sp³-hybridized carbons (Fsp3) is 0.786. The number of nitrogen functional groups attached to an aromatic ring is 1. The van der Waals surface area contributed by atoms with Crippen molar-refractivity contribution >= 4 is 11.5 Å². The van der Waals surface area contributed by atoms with Crippen LogP contribution in [0.25, 0.3) is 0 Å². The van der Waals surface area contributed by atoms with Gasteiger partial charge in [0.25, 0.3) is 0 Å². The third-order valence-corrected chi connectivity index (χ3v) is 3.31. The first kappa shape index (κ1) is 15.8. The number of hydrogen-bond donors (Lipinski definition) is 2. The zero-order valence-corrected chi connectivity index (χ0v) is 13.4. The highest BCUT2D eigenvalue weighted by Gasteiger charge is 2.20. The number of aryl methyl sites for hydroxylation is 1. The minimum atomic E-state index is 0.297. The lowest BCUT2D eigenvalue weighted by Gasteiger charge is -2.27. The highest BCUT2D eigenvalue weighted by Crippen LogP contribution is 2.27. The molecule has 0 radical (unpaired) electrons. The van der Waals surface area contributed by atoms with Crippen LogP contribution >= 0.6 is 0 Å². The Morgan fingerprint density at radius 2 is 1.84 bits per heavy atom. The van der Waals surface area contributed by atoms with Gasteiger partial charge in [-0.3, -0.25) is 0 Å². The van der Waals surface area contributed by atoms with Gasteiger partial charge in [0, 0.05) is 18.6 Å². The molecule has 5 nitrogen and oxygen atoms in total. The van der Waals surface area contributed by atoms with Crippen LogP contribution in [0.15, 0.2) is 0 Å². The van der Waals surface area contributed by atoms with Gasteiger partial charge in [-0.25, -0.2) is 4.68 Å². The normalized spacial score (nSPS) is 13.6. The average Bonchev–Trinajstić information content (AvgIpc) is 2.55. The van der Waals surface area contributed by atoms with Crippen molar-refractivity contribution in [1.29, 1.82) is 0 Å². The molecule has 0 bridgehead atoms. The summed E-state index contributed by atoms with van der Waals surface area (Å²) >= 11 is 0. The predicted octanol–water partition coefficient (Wildman–Crippen LogP) is 2.35. The Balaban J connectivity index is 3.01. The molecule has 0 aliphatic heterocycles. The third-order valence-electron chi connectivity index (χ3n) is 3.31. The van der Waals surface area contributed by atoms with Crippen LogP contribution in [0.1, 0.15) is 39.4 Å². The Bertz CT molecular complexity index is 406. The van der Waals surface area contributed by atoms with Crippen LogP contribution in [-0.4, -0.2) is 41.4 Å². The van der Waals surface area contributed by atoms with Crippen LogP contribution in [0.2, 0.25) is 0 Å². The Hall–Kier alpha value is -1.23. The van der Waals surface area contributed by atoms with E-state index >= 15 is 0 Å². The first-order chi connectivity index (χ1) is 8.73. The maximum absolute atomic E-state index is 6.16. The summed E-state index contributed by atoms with van der Waals surface area (Å²) in [4.78, 5) is 2.19. The van der Waals surface area contributed by atoms with E-state index in [2.05, 4.69) is 57.1 Å². The number of nitrogens with one attached hydrogen (secondary N) is 1. The van der Waals surface area contributed by atoms with Gasteiger partial charge >= 0.3 is 0 Å². The molecule has 1 aromatic heterocycles. The van der Waals surface area contributed by atoms with Gasteiger partial charge in [-0.1, -0.05) is 13.8 Å². The van der Waals surface area contributed by atoms with Gasteiger partial charge in [0.05, 0.1) is 11.4 Å². The lowest BCUT2D eigenvalue weighted by molar-refractivity contribution is 0.342. The second-order valence-electron chi connectivity index (χ2n) is 6.14. The van der Waals surface area contributed by atoms with Crippen molar-refractivity contribution in [3.63, 3.8) is 0 Å². The SMILES string of the molecule is Cc1nn(C(C)C)c(NC(CN(C)C)C(C)C)c1N. The standard InChI is InChI=1S/C14H29N5/c1-9(2)12(8-18(6)7)16-14-13(15)11(5)17-19(14)10(3)4/h9-10,12,16H,8,15H2,1-7H3. The van der Waals surface area contributed by atoms with Gasteiger partial charge in [0.15, 0.2) is 0 Å². The van der Waals surface area contributed by atoms with E-state index in [0.29, 0.717) is 18.0 Å². The lowest BCUT2D eigenvalue weighted by atomic mass is 10.0. The molecular formula is C14H29N5. The fourth-order valence-corrected chi connectivity index (χ4v) is 2.07. The van der Waals surface area contributed by atoms with Crippen molar-refractivity contribution in [2.45, 2.75) is 46.7 Å². The van der Waals surface area contributed by atoms with Crippen LogP contribution in [0.5, 0.6) is 0 Å². The molecule has 0 spiro atoms. The molecule has 0 saturated carbocycles. The molecule has 1 rings (SSSR count). The molecule has 0 aliphatic rings. The second kappa shape index (κ2) is 6.28. The summed E-state index contributed by atoms with van der Waals surface area (Å²) in [7, 11) is 4.18. The summed E-state index contributed by atoms with van der Waals surface area (Å²) < 4.78 is 1.98. The molecule has 5 heteroatoms. The minimum Gasteiger partial charge on any atom is -0.394 e. The van der Waals surface area contributed by atoms with E-state index in [4.69, 9.17) is 5.73 Å². The molecule has 0 saturated heterocycles. The number of nitrogens with zero attached hydrogens (tertiary/aromatic N) is 3. The molecule has 0 amide bonds. The van der Waals surface area contributed by atoms with E-state index in [1.807, 2.05) is 11.6 Å². The monoisotopic (exact) mass is 267 g/mol. The summed E-state index contributed by atoms with van der Waals surface area (Å²) in [5.41, 5.74) is 7.82. The minimum absolute atomic E-state index is 0.297. The van der Waals surface area contributed by atoms with E-state index in [1.54, 1.807) is 0 Å². The Morgan fingerprint density at radius 3 is 2.26 bits per heavy atom. The summed E-state index contributed by atoms with van der Waals surface area (Å²) in [6, 6.07) is 0.650. The number of aromatic nitrogens is 2. The zero-order valence-electron chi connectivity index (χ0n) is 13.4. The van der Waals surface area contributed by atoms with Gasteiger partial charge < -0.3 is 16.0 Å². The van der Waals surface area contributed by atoms with Gasteiger partial charge in [0.2, 0.25) is 0 Å². The number of hydrogen-bond acceptors (Lipinski definition) is 4. The maximum atomic E-state index is 6.16. The average molecular weight is 267 g/mol. The van der Waals surface area contributed by atoms with Gasteiger partial charge in [0.1, 0.15) is 5.82 Å². The van der Waals surface area contributed by atoms with E-state index in [0.717, 1.165) is 23.7 Å². The molecule has 0 aromatic carbocycles. The van der Waals surface area contributed by atoms with Crippen molar-refractivity contribution in [3.8, 4) is 0 Å². The lowest BCUT2D eigenvalue weighted by Crippen LogP contribution is -2.37. The quantitative estimate of drug-likeness (QED) is 0.830. The summed E-state index contributed by atoms with van der Waals surface area (Å²) in [5, 5.41) is 8.10. The molecule has 3 N–H and O–H groups in total. The van der Waals surface area contributed by atoms with E-state index in [-0.39, 0.29) is 0 Å². The number of rotatable bonds is 6. The molecular weight excluding hydrogens is 238 g/mol. The van der Waals surface area contributed by atoms with Crippen molar-refractivity contribution < 1.29 is 0 Å². The third kappa shape index (κ3) is 3.86. The molecule has 110 valence electrons. The fourth-order valence-electron chi connectivity index (χ4n) is 2.07. The van der Waals surface area contributed by atoms with Crippen molar-refractivity contribution in [1.82, 2.24) is 14.7 Å². The highest BCUT2D eigenvalue weighted by atomic mass is 15.4. The smallest absolute Gasteiger partial charge is 0.148 e. The largest absolute Gasteiger partial charge is 0.394 e. The van der Waals surface area contributed by atoms with Crippen molar-refractivity contribution in [3.05, 3.63) is 5.69 Å². The Labute approximate surface area is 117 Å². The first-order valence-electron chi connectivity index (χ1n) is 6.99. The molecule has 1 atom stereocenters. The predicted molar refractivity (Wildman–Crippen MR) is 82.6 cm³/mol. The topological polar surface area (TPSA) is 59.1 Å². The number of anilines is 2. The molecule has 1 heterocycles. The Kier molecular flexibility index (Phi) is 5.23. The summed E-state index contributed by atoms with van der Waals surface area (Å²) in [6.07, 6.45) is 0. The van der Waals surface area contributed by atoms with E-state index in [9.17, 15) is 0 Å². The van der Waals surface area contributed by atoms with Crippen molar-refractivity contribution in [2.75, 3.05) is 31.7 Å². The van der Waals surface area contributed by atoms with Gasteiger partial charge in [-0.2, -0.15) is 5.10 Å². The zero-order chi connectivity index (χ0) is 14.7. The summed E-state index contributed by atoms with van der Waals surface area (Å²) in [6.45, 7) is 11.6. The maximum Gasteiger partial charge on any atom is 0.148 e. The first-order valence-corrected chi connectivity index (χ1v) is 6.99. The highest BCUT2D eigenvalue weighted by molar-refractivity contribution is 5.65. The number of nitrogens with two attached hydrogens (primary N) is 1. The van der Waals surface area contributed by atoms with Crippen LogP contribution in [0.4, 0.5) is 11.5 Å². The second-order valence-corrected chi connectivity index (χ2v) is 6.14. The van der Waals surface area contributed by atoms with E-state index < -0.39 is 0 Å². The van der Waals surface area contributed by atoms with Crippen LogP contribution in [-0.2, 0) is 0 Å². The summed E-state index contributed by atoms with van der Waals surface area (Å²) in [5.74, 6) is 1.48. The van der Waals surface area contributed by atoms with Crippen LogP contribution < -0.4 is 11.1 Å². The molecule has 0 fully saturated rings. The van der Waals surface area contributed by atoms with Gasteiger partial charge in [-0.05, 0) is 40.8 Å². The van der Waals surface area contributed by atoms with Crippen molar-refractivity contribution in [2.24, 2.45) is 5.92 Å². The molecule has 0 aliphatic carbocycles. The molecule has 1 aromatic rings. The molecule has 19 heavy (non-hydrogen) atoms. The van der Waals surface area contributed by atoms with Crippen LogP contribution in [0, 0.1) is 12.8 Å². The Morgan fingerprint density at radius 1 is 1.26 bits per heavy atom. The van der Waals surface area contributed by atoms with Gasteiger partial charge in [-0.15, -0.1) is 0 Å². The molecule has 1 unspecified atom stereocenters. The van der Waals surface area contributed by atoms with Crippen LogP contribution in [0.3, 0.4) is 0 Å². The van der Waals surface area contributed by atoms with E-state index in [1.165, 1.54) is 0 Å². The number of likely N-dealkylation sites (N-methyl/N-ethyl adjacent to an activating group) is 1.